The zero-order chi connectivity index (χ0) is 7.15. The predicted octanol–water partition coefficient (Wildman–Crippen LogP) is -7.20. The van der Waals surface area contributed by atoms with Crippen molar-refractivity contribution in [1.29, 1.82) is 0 Å². The molecular formula is H8B2CaO6Si. The third-order valence-electron chi connectivity index (χ3n) is 0. The fraction of sp³-hybridized carbons (Fsp3) is 0. The summed E-state index contributed by atoms with van der Waals surface area (Å²) < 4.78 is 0. The fourth-order valence-corrected chi connectivity index (χ4v) is 0. The molecule has 0 bridgehead atoms. The Morgan fingerprint density at radius 2 is 0.900 bits per heavy atom. The van der Waals surface area contributed by atoms with Crippen molar-refractivity contribution in [3.8, 4) is 0 Å². The van der Waals surface area contributed by atoms with Crippen LogP contribution in [0.1, 0.15) is 0 Å². The molecule has 0 rings (SSSR count). The molecule has 0 saturated carbocycles. The van der Waals surface area contributed by atoms with E-state index in [0.29, 0.717) is 0 Å². The van der Waals surface area contributed by atoms with E-state index in [2.05, 4.69) is 0 Å². The minimum Gasteiger partial charge on any atom is -0.871 e. The van der Waals surface area contributed by atoms with E-state index in [4.69, 9.17) is 30.1 Å². The van der Waals surface area contributed by atoms with Gasteiger partial charge in [-0.2, -0.15) is 0 Å². The average molecular weight is 194 g/mol. The summed E-state index contributed by atoms with van der Waals surface area (Å²) in [5.41, 5.74) is 0. The first-order valence-corrected chi connectivity index (χ1v) is 1.50. The summed E-state index contributed by atoms with van der Waals surface area (Å²) in [5, 5.41) is 45.5. The van der Waals surface area contributed by atoms with Gasteiger partial charge in [0, 0.05) is 0 Å². The van der Waals surface area contributed by atoms with Crippen LogP contribution in [0.2, 0.25) is 0 Å². The molecule has 0 saturated heterocycles. The Bertz CT molecular complexity index is 31.2. The van der Waals surface area contributed by atoms with Crippen LogP contribution in [0, 0.1) is 0 Å². The van der Waals surface area contributed by atoms with E-state index in [9.17, 15) is 0 Å². The van der Waals surface area contributed by atoms with Gasteiger partial charge in [0.05, 0.1) is 7.32 Å². The molecule has 0 fully saturated rings. The van der Waals surface area contributed by atoms with Crippen molar-refractivity contribution < 1.29 is 30.1 Å². The summed E-state index contributed by atoms with van der Waals surface area (Å²) in [6.45, 7) is 0. The van der Waals surface area contributed by atoms with Gasteiger partial charge < -0.3 is 30.1 Å². The van der Waals surface area contributed by atoms with Gasteiger partial charge in [0.1, 0.15) is 0 Å². The van der Waals surface area contributed by atoms with Crippen LogP contribution in [-0.2, 0) is 0 Å². The van der Waals surface area contributed by atoms with Crippen molar-refractivity contribution in [3.05, 3.63) is 0 Å². The molecule has 0 aliphatic carbocycles. The molecule has 0 heterocycles. The standard InChI is InChI=1S/BH3O3.BHO3.Ca.H4Si/c2*2-1(3)4;;/h2-4H;2H;;1H4/q;-2;+2;. The van der Waals surface area contributed by atoms with Gasteiger partial charge in [-0.15, -0.1) is 0 Å². The summed E-state index contributed by atoms with van der Waals surface area (Å²) in [5.74, 6) is 0. The summed E-state index contributed by atoms with van der Waals surface area (Å²) in [6.07, 6.45) is 0. The molecule has 0 aromatic carbocycles. The van der Waals surface area contributed by atoms with Gasteiger partial charge in [-0.25, -0.2) is 0 Å². The average Bonchev–Trinajstić information content (AvgIpc) is 1.25. The van der Waals surface area contributed by atoms with Crippen molar-refractivity contribution >= 4 is 63.3 Å². The van der Waals surface area contributed by atoms with Crippen molar-refractivity contribution in [3.63, 3.8) is 0 Å². The first kappa shape index (κ1) is 22.5. The number of hydrogen-bond acceptors (Lipinski definition) is 6. The normalized spacial score (nSPS) is 5.40. The summed E-state index contributed by atoms with van der Waals surface area (Å²) >= 11 is 0. The van der Waals surface area contributed by atoms with E-state index in [1.165, 1.54) is 0 Å². The zero-order valence-electron chi connectivity index (χ0n) is 4.47. The SMILES string of the molecule is OB(O)O.[Ca+2].[O-]B([O-])O.[SiH4]. The molecule has 10 heavy (non-hydrogen) atoms. The van der Waals surface area contributed by atoms with Crippen LogP contribution in [0.4, 0.5) is 0 Å². The first-order valence-electron chi connectivity index (χ1n) is 1.50. The molecule has 0 amide bonds. The molecule has 0 aliphatic heterocycles. The van der Waals surface area contributed by atoms with Crippen LogP contribution in [0.5, 0.6) is 0 Å². The summed E-state index contributed by atoms with van der Waals surface area (Å²) in [6, 6.07) is 0. The molecule has 10 heteroatoms. The third kappa shape index (κ3) is 351. The van der Waals surface area contributed by atoms with E-state index in [0.717, 1.165) is 0 Å². The number of rotatable bonds is 0. The Balaban J connectivity index is -0.0000000300. The topological polar surface area (TPSA) is 127 Å². The Labute approximate surface area is 92.9 Å². The predicted molar refractivity (Wildman–Crippen MR) is 37.5 cm³/mol. The monoisotopic (exact) mass is 194 g/mol. The molecule has 0 aliphatic rings. The minimum absolute atomic E-state index is 0. The maximum absolute atomic E-state index is 8.53. The van der Waals surface area contributed by atoms with Crippen LogP contribution >= 0.6 is 0 Å². The van der Waals surface area contributed by atoms with Gasteiger partial charge in [-0.1, -0.05) is 0 Å². The molecule has 0 spiro atoms. The smallest absolute Gasteiger partial charge is 0.871 e. The quantitative estimate of drug-likeness (QED) is 0.283. The van der Waals surface area contributed by atoms with Crippen LogP contribution in [0.25, 0.3) is 0 Å². The Hall–Kier alpha value is 1.37. The Morgan fingerprint density at radius 3 is 0.900 bits per heavy atom. The van der Waals surface area contributed by atoms with Crippen LogP contribution in [0.3, 0.4) is 0 Å². The van der Waals surface area contributed by atoms with Gasteiger partial charge in [0.25, 0.3) is 0 Å². The molecule has 0 radical (unpaired) electrons. The second-order valence-electron chi connectivity index (χ2n) is 0.653. The first-order chi connectivity index (χ1) is 3.46. The molecule has 0 aromatic heterocycles. The third-order valence-corrected chi connectivity index (χ3v) is 0. The molecule has 0 aromatic rings. The van der Waals surface area contributed by atoms with Crippen molar-refractivity contribution in [1.82, 2.24) is 0 Å². The second kappa shape index (κ2) is 16.8. The zero-order valence-corrected chi connectivity index (χ0v) is 6.68. The number of hydrogen-bond donors (Lipinski definition) is 4. The van der Waals surface area contributed by atoms with E-state index in [1.807, 2.05) is 0 Å². The van der Waals surface area contributed by atoms with Crippen LogP contribution in [-0.4, -0.2) is 83.4 Å². The minimum atomic E-state index is -2.67. The summed E-state index contributed by atoms with van der Waals surface area (Å²) in [4.78, 5) is 0. The maximum atomic E-state index is 8.53. The Kier molecular flexibility index (Phi) is 37.7. The van der Waals surface area contributed by atoms with Crippen molar-refractivity contribution in [2.45, 2.75) is 0 Å². The van der Waals surface area contributed by atoms with Crippen LogP contribution < -0.4 is 10.0 Å². The van der Waals surface area contributed by atoms with E-state index in [-0.39, 0.29) is 48.7 Å². The fourth-order valence-electron chi connectivity index (χ4n) is 0. The van der Waals surface area contributed by atoms with Gasteiger partial charge in [-0.05, 0) is 11.0 Å². The van der Waals surface area contributed by atoms with Gasteiger partial charge in [0.2, 0.25) is 0 Å². The van der Waals surface area contributed by atoms with Gasteiger partial charge in [0.15, 0.2) is 0 Å². The molecule has 4 N–H and O–H groups in total. The molecule has 0 atom stereocenters. The van der Waals surface area contributed by atoms with E-state index < -0.39 is 14.6 Å². The van der Waals surface area contributed by atoms with Crippen molar-refractivity contribution in [2.75, 3.05) is 0 Å². The van der Waals surface area contributed by atoms with E-state index in [1.54, 1.807) is 0 Å². The molecular weight excluding hydrogens is 186 g/mol. The van der Waals surface area contributed by atoms with Gasteiger partial charge >= 0.3 is 45.1 Å². The molecule has 56 valence electrons. The summed E-state index contributed by atoms with van der Waals surface area (Å²) in [7, 11) is -4.83. The van der Waals surface area contributed by atoms with Crippen LogP contribution in [0.15, 0.2) is 0 Å². The molecule has 6 nitrogen and oxygen atoms in total. The Morgan fingerprint density at radius 1 is 0.900 bits per heavy atom. The molecule has 0 unspecified atom stereocenters. The van der Waals surface area contributed by atoms with E-state index >= 15 is 0 Å². The maximum Gasteiger partial charge on any atom is 2.00 e. The largest absolute Gasteiger partial charge is 2.00 e. The van der Waals surface area contributed by atoms with Crippen molar-refractivity contribution in [2.24, 2.45) is 0 Å². The van der Waals surface area contributed by atoms with Gasteiger partial charge in [-0.3, -0.25) is 0 Å². The second-order valence-corrected chi connectivity index (χ2v) is 0.653.